The summed E-state index contributed by atoms with van der Waals surface area (Å²) in [6.07, 6.45) is 0. The summed E-state index contributed by atoms with van der Waals surface area (Å²) >= 11 is 0. The van der Waals surface area contributed by atoms with Gasteiger partial charge in [0.1, 0.15) is 0 Å². The molecule has 4 nitrogen and oxygen atoms in total. The van der Waals surface area contributed by atoms with Crippen LogP contribution in [0.2, 0.25) is 0 Å². The number of rotatable bonds is 2. The van der Waals surface area contributed by atoms with E-state index < -0.39 is 5.76 Å². The van der Waals surface area contributed by atoms with Crippen LogP contribution >= 0.6 is 0 Å². The average Bonchev–Trinajstić information content (AvgIpc) is 2.79. The van der Waals surface area contributed by atoms with Crippen molar-refractivity contribution >= 4 is 0 Å². The Labute approximate surface area is 116 Å². The third kappa shape index (κ3) is 2.16. The molecule has 0 atom stereocenters. The van der Waals surface area contributed by atoms with Gasteiger partial charge in [-0.3, -0.25) is 0 Å². The molecule has 0 aliphatic heterocycles. The summed E-state index contributed by atoms with van der Waals surface area (Å²) in [5, 5.41) is 4.12. The van der Waals surface area contributed by atoms with Gasteiger partial charge in [-0.05, 0) is 24.1 Å². The van der Waals surface area contributed by atoms with Crippen LogP contribution in [-0.2, 0) is 7.05 Å². The minimum atomic E-state index is -0.460. The maximum atomic E-state index is 11.4. The Bertz CT molecular complexity index is 798. The molecule has 2 aromatic carbocycles. The van der Waals surface area contributed by atoms with Crippen LogP contribution in [0.25, 0.3) is 22.6 Å². The molecule has 0 N–H and O–H groups in total. The number of aromatic nitrogens is 2. The van der Waals surface area contributed by atoms with E-state index in [9.17, 15) is 4.79 Å². The van der Waals surface area contributed by atoms with Crippen LogP contribution < -0.4 is 5.76 Å². The number of nitrogens with zero attached hydrogens (tertiary/aromatic N) is 2. The minimum Gasteiger partial charge on any atom is -0.388 e. The van der Waals surface area contributed by atoms with Crippen LogP contribution in [0.5, 0.6) is 0 Å². The summed E-state index contributed by atoms with van der Waals surface area (Å²) in [7, 11) is 1.57. The molecule has 4 heteroatoms. The first-order valence-electron chi connectivity index (χ1n) is 6.36. The van der Waals surface area contributed by atoms with Crippen molar-refractivity contribution in [1.82, 2.24) is 9.78 Å². The normalized spacial score (nSPS) is 10.7. The molecule has 3 aromatic rings. The molecule has 1 heterocycles. The zero-order valence-electron chi connectivity index (χ0n) is 11.3. The molecule has 0 amide bonds. The molecule has 0 aliphatic rings. The molecule has 0 saturated heterocycles. The lowest BCUT2D eigenvalue weighted by molar-refractivity contribution is 0.505. The third-order valence-electron chi connectivity index (χ3n) is 3.21. The van der Waals surface area contributed by atoms with Gasteiger partial charge in [-0.2, -0.15) is 4.68 Å². The van der Waals surface area contributed by atoms with Gasteiger partial charge in [0.2, 0.25) is 5.89 Å². The Kier molecular flexibility index (Phi) is 2.99. The highest BCUT2D eigenvalue weighted by atomic mass is 16.4. The van der Waals surface area contributed by atoms with Gasteiger partial charge in [-0.15, -0.1) is 5.10 Å². The fraction of sp³-hybridized carbons (Fsp3) is 0.125. The number of hydrogen-bond donors (Lipinski definition) is 0. The Morgan fingerprint density at radius 1 is 1.00 bits per heavy atom. The number of hydrogen-bond acceptors (Lipinski definition) is 3. The summed E-state index contributed by atoms with van der Waals surface area (Å²) in [5.41, 5.74) is 4.08. The molecule has 20 heavy (non-hydrogen) atoms. The second-order valence-electron chi connectivity index (χ2n) is 4.71. The first-order valence-corrected chi connectivity index (χ1v) is 6.36. The molecule has 100 valence electrons. The second kappa shape index (κ2) is 4.81. The number of aryl methyl sites for hydroxylation is 2. The van der Waals surface area contributed by atoms with Crippen LogP contribution in [0.15, 0.2) is 57.7 Å². The van der Waals surface area contributed by atoms with E-state index in [1.54, 1.807) is 7.05 Å². The summed E-state index contributed by atoms with van der Waals surface area (Å²) in [6, 6.07) is 16.0. The van der Waals surface area contributed by atoms with Crippen molar-refractivity contribution in [2.75, 3.05) is 0 Å². The average molecular weight is 266 g/mol. The zero-order chi connectivity index (χ0) is 14.1. The SMILES string of the molecule is Cc1ccc(-c2ccccc2-c2nn(C)c(=O)o2)cc1. The zero-order valence-corrected chi connectivity index (χ0v) is 11.3. The van der Waals surface area contributed by atoms with Gasteiger partial charge in [0.05, 0.1) is 0 Å². The molecule has 0 aliphatic carbocycles. The van der Waals surface area contributed by atoms with Gasteiger partial charge in [0, 0.05) is 12.6 Å². The van der Waals surface area contributed by atoms with Crippen LogP contribution in [0, 0.1) is 6.92 Å². The quantitative estimate of drug-likeness (QED) is 0.716. The highest BCUT2D eigenvalue weighted by Crippen LogP contribution is 2.30. The van der Waals surface area contributed by atoms with Crippen molar-refractivity contribution < 1.29 is 4.42 Å². The maximum Gasteiger partial charge on any atom is 0.437 e. The molecule has 1 aromatic heterocycles. The highest BCUT2D eigenvalue weighted by Gasteiger charge is 2.13. The van der Waals surface area contributed by atoms with Gasteiger partial charge in [-0.1, -0.05) is 48.0 Å². The summed E-state index contributed by atoms with van der Waals surface area (Å²) in [6.45, 7) is 2.05. The smallest absolute Gasteiger partial charge is 0.388 e. The fourth-order valence-corrected chi connectivity index (χ4v) is 2.11. The molecule has 0 radical (unpaired) electrons. The standard InChI is InChI=1S/C16H14N2O2/c1-11-7-9-12(10-8-11)13-5-3-4-6-14(13)15-17-18(2)16(19)20-15/h3-10H,1-2H3. The molecule has 0 bridgehead atoms. The van der Waals surface area contributed by atoms with Gasteiger partial charge in [0.15, 0.2) is 0 Å². The summed E-state index contributed by atoms with van der Waals surface area (Å²) < 4.78 is 6.38. The van der Waals surface area contributed by atoms with Gasteiger partial charge in [-0.25, -0.2) is 4.79 Å². The van der Waals surface area contributed by atoms with Crippen molar-refractivity contribution in [1.29, 1.82) is 0 Å². The monoisotopic (exact) mass is 266 g/mol. The Morgan fingerprint density at radius 2 is 1.65 bits per heavy atom. The Balaban J connectivity index is 2.18. The van der Waals surface area contributed by atoms with Crippen LogP contribution in [0.1, 0.15) is 5.56 Å². The van der Waals surface area contributed by atoms with Crippen LogP contribution in [0.4, 0.5) is 0 Å². The maximum absolute atomic E-state index is 11.4. The van der Waals surface area contributed by atoms with Crippen LogP contribution in [0.3, 0.4) is 0 Å². The van der Waals surface area contributed by atoms with E-state index in [1.165, 1.54) is 10.2 Å². The third-order valence-corrected chi connectivity index (χ3v) is 3.21. The van der Waals surface area contributed by atoms with E-state index in [0.717, 1.165) is 16.7 Å². The van der Waals surface area contributed by atoms with Crippen molar-refractivity contribution in [2.24, 2.45) is 7.05 Å². The number of benzene rings is 2. The lowest BCUT2D eigenvalue weighted by atomic mass is 9.99. The van der Waals surface area contributed by atoms with E-state index in [-0.39, 0.29) is 0 Å². The molecular formula is C16H14N2O2. The van der Waals surface area contributed by atoms with Crippen molar-refractivity contribution in [3.8, 4) is 22.6 Å². The highest BCUT2D eigenvalue weighted by molar-refractivity contribution is 5.79. The predicted molar refractivity (Wildman–Crippen MR) is 77.4 cm³/mol. The molecule has 0 spiro atoms. The topological polar surface area (TPSA) is 48.0 Å². The fourth-order valence-electron chi connectivity index (χ4n) is 2.11. The van der Waals surface area contributed by atoms with E-state index in [1.807, 2.05) is 31.2 Å². The molecule has 3 rings (SSSR count). The first kappa shape index (κ1) is 12.4. The molecule has 0 saturated carbocycles. The lowest BCUT2D eigenvalue weighted by Gasteiger charge is -2.06. The van der Waals surface area contributed by atoms with E-state index in [2.05, 4.69) is 29.4 Å². The predicted octanol–water partition coefficient (Wildman–Crippen LogP) is 3.02. The Morgan fingerprint density at radius 3 is 2.25 bits per heavy atom. The second-order valence-corrected chi connectivity index (χ2v) is 4.71. The van der Waals surface area contributed by atoms with Crippen molar-refractivity contribution in [3.05, 3.63) is 64.6 Å². The molecule has 0 unspecified atom stereocenters. The van der Waals surface area contributed by atoms with E-state index in [4.69, 9.17) is 4.42 Å². The first-order chi connectivity index (χ1) is 9.65. The van der Waals surface area contributed by atoms with Gasteiger partial charge < -0.3 is 4.42 Å². The Hall–Kier alpha value is -2.62. The largest absolute Gasteiger partial charge is 0.437 e. The molecular weight excluding hydrogens is 252 g/mol. The summed E-state index contributed by atoms with van der Waals surface area (Å²) in [5.74, 6) is -0.118. The van der Waals surface area contributed by atoms with Gasteiger partial charge in [0.25, 0.3) is 0 Å². The van der Waals surface area contributed by atoms with Gasteiger partial charge >= 0.3 is 5.76 Å². The lowest BCUT2D eigenvalue weighted by Crippen LogP contribution is -2.09. The minimum absolute atomic E-state index is 0.341. The van der Waals surface area contributed by atoms with Crippen LogP contribution in [-0.4, -0.2) is 9.78 Å². The molecule has 0 fully saturated rings. The van der Waals surface area contributed by atoms with Crippen molar-refractivity contribution in [3.63, 3.8) is 0 Å². The van der Waals surface area contributed by atoms with E-state index >= 15 is 0 Å². The van der Waals surface area contributed by atoms with Crippen molar-refractivity contribution in [2.45, 2.75) is 6.92 Å². The van der Waals surface area contributed by atoms with E-state index in [0.29, 0.717) is 5.89 Å². The summed E-state index contributed by atoms with van der Waals surface area (Å²) in [4.78, 5) is 11.4.